The highest BCUT2D eigenvalue weighted by atomic mass is 32.2. The van der Waals surface area contributed by atoms with Gasteiger partial charge in [0.1, 0.15) is 6.61 Å². The predicted octanol–water partition coefficient (Wildman–Crippen LogP) is 5.08. The minimum absolute atomic E-state index is 0.0217. The molecule has 2 fully saturated rings. The van der Waals surface area contributed by atoms with Gasteiger partial charge in [0.25, 0.3) is 15.9 Å². The molecule has 4 bridgehead atoms. The van der Waals surface area contributed by atoms with Crippen molar-refractivity contribution in [1.29, 1.82) is 0 Å². The van der Waals surface area contributed by atoms with Crippen molar-refractivity contribution >= 4 is 21.9 Å². The van der Waals surface area contributed by atoms with Gasteiger partial charge in [0, 0.05) is 29.3 Å². The number of benzene rings is 2. The highest BCUT2D eigenvalue weighted by molar-refractivity contribution is 7.92. The van der Waals surface area contributed by atoms with Crippen LogP contribution in [-0.4, -0.2) is 53.9 Å². The van der Waals surface area contributed by atoms with Crippen LogP contribution in [-0.2, 0) is 10.0 Å². The molecule has 3 aliphatic rings. The lowest BCUT2D eigenvalue weighted by molar-refractivity contribution is -0.0719. The maximum absolute atomic E-state index is 14.2. The minimum atomic E-state index is -4.10. The Bertz CT molecular complexity index is 1610. The molecule has 1 atom stereocenters. The van der Waals surface area contributed by atoms with E-state index in [2.05, 4.69) is 28.5 Å². The van der Waals surface area contributed by atoms with Crippen molar-refractivity contribution in [2.75, 3.05) is 11.3 Å². The van der Waals surface area contributed by atoms with Gasteiger partial charge in [0.15, 0.2) is 0 Å². The molecular formula is C32H39N5O4S. The number of nitrogens with one attached hydrogen (secondary N) is 1. The number of hydrogen-bond donors (Lipinski definition) is 2. The van der Waals surface area contributed by atoms with Crippen molar-refractivity contribution in [2.45, 2.75) is 82.8 Å². The summed E-state index contributed by atoms with van der Waals surface area (Å²) in [6.45, 7) is 8.48. The Balaban J connectivity index is 1.46. The summed E-state index contributed by atoms with van der Waals surface area (Å²) in [6.07, 6.45) is 4.50. The van der Waals surface area contributed by atoms with Crippen molar-refractivity contribution in [2.24, 2.45) is 17.1 Å². The van der Waals surface area contributed by atoms with Crippen LogP contribution in [0.4, 0.5) is 5.95 Å². The quantitative estimate of drug-likeness (QED) is 0.434. The maximum atomic E-state index is 14.2. The minimum Gasteiger partial charge on any atom is -0.475 e. The zero-order valence-electron chi connectivity index (χ0n) is 24.6. The van der Waals surface area contributed by atoms with E-state index in [1.807, 2.05) is 36.9 Å². The Morgan fingerprint density at radius 3 is 2.40 bits per heavy atom. The molecule has 2 heterocycles. The smallest absolute Gasteiger partial charge is 0.264 e. The van der Waals surface area contributed by atoms with E-state index in [-0.39, 0.29) is 52.8 Å². The van der Waals surface area contributed by atoms with Gasteiger partial charge >= 0.3 is 0 Å². The number of ether oxygens (including phenoxy) is 1. The van der Waals surface area contributed by atoms with Crippen LogP contribution in [0, 0.1) is 25.2 Å². The Kier molecular flexibility index (Phi) is 7.25. The first-order valence-electron chi connectivity index (χ1n) is 14.7. The largest absolute Gasteiger partial charge is 0.475 e. The van der Waals surface area contributed by atoms with E-state index >= 15 is 0 Å². The SMILES string of the molecule is Cc1cccc(C)c1-c1cc2nc(n1)NS(=O)(=O)c1cccc(c1)C(=O)N(C1CC3(CC(N)C3)C1)[C@H](CC(C)C)CO2. The molecule has 2 saturated carbocycles. The fourth-order valence-corrected chi connectivity index (χ4v) is 8.14. The lowest BCUT2D eigenvalue weighted by Crippen LogP contribution is -2.63. The van der Waals surface area contributed by atoms with Gasteiger partial charge in [-0.1, -0.05) is 38.1 Å². The average Bonchev–Trinajstić information content (AvgIpc) is 2.88. The summed E-state index contributed by atoms with van der Waals surface area (Å²) in [5.41, 5.74) is 10.1. The highest BCUT2D eigenvalue weighted by Crippen LogP contribution is 2.57. The third-order valence-corrected chi connectivity index (χ3v) is 10.3. The number of hydrogen-bond acceptors (Lipinski definition) is 7. The van der Waals surface area contributed by atoms with Gasteiger partial charge in [-0.3, -0.25) is 4.79 Å². The Morgan fingerprint density at radius 2 is 1.74 bits per heavy atom. The van der Waals surface area contributed by atoms with Gasteiger partial charge in [0.05, 0.1) is 16.6 Å². The van der Waals surface area contributed by atoms with E-state index in [9.17, 15) is 13.2 Å². The normalized spacial score (nSPS) is 26.7. The number of amides is 1. The van der Waals surface area contributed by atoms with Crippen molar-refractivity contribution in [3.8, 4) is 17.1 Å². The van der Waals surface area contributed by atoms with E-state index in [0.29, 0.717) is 17.2 Å². The van der Waals surface area contributed by atoms with Crippen LogP contribution >= 0.6 is 0 Å². The molecule has 2 aliphatic carbocycles. The van der Waals surface area contributed by atoms with Crippen LogP contribution in [0.25, 0.3) is 11.3 Å². The first-order valence-corrected chi connectivity index (χ1v) is 16.2. The predicted molar refractivity (Wildman–Crippen MR) is 162 cm³/mol. The first kappa shape index (κ1) is 28.6. The number of nitrogens with zero attached hydrogens (tertiary/aromatic N) is 3. The highest BCUT2D eigenvalue weighted by Gasteiger charge is 2.55. The van der Waals surface area contributed by atoms with Crippen LogP contribution in [0.3, 0.4) is 0 Å². The number of aromatic nitrogens is 2. The summed E-state index contributed by atoms with van der Waals surface area (Å²) >= 11 is 0. The summed E-state index contributed by atoms with van der Waals surface area (Å²) in [5, 5.41) is 0. The zero-order chi connectivity index (χ0) is 29.8. The van der Waals surface area contributed by atoms with Gasteiger partial charge in [0.2, 0.25) is 11.8 Å². The number of aryl methyl sites for hydroxylation is 2. The topological polar surface area (TPSA) is 128 Å². The second-order valence-electron chi connectivity index (χ2n) is 12.9. The van der Waals surface area contributed by atoms with Gasteiger partial charge in [-0.2, -0.15) is 4.98 Å². The third-order valence-electron chi connectivity index (χ3n) is 8.97. The molecule has 3 aromatic rings. The van der Waals surface area contributed by atoms with Gasteiger partial charge < -0.3 is 15.4 Å². The number of fused-ring (bicyclic) bond motifs is 4. The lowest BCUT2D eigenvalue weighted by Gasteiger charge is -2.60. The molecule has 0 saturated heterocycles. The standard InChI is InChI=1S/C32H39N5O4S/c1-19(2)11-24-18-41-28-13-27(29-20(3)7-5-8-21(29)4)34-31(35-28)36-42(39,40)26-10-6-9-22(12-26)30(38)37(24)25-16-32(17-25)14-23(33)15-32/h5-10,12-13,19,23-25H,11,14-18,33H2,1-4H3,(H,34,35,36)/t23?,24-,25?,32?/m1/s1. The van der Waals surface area contributed by atoms with Gasteiger partial charge in [-0.25, -0.2) is 18.1 Å². The third kappa shape index (κ3) is 5.38. The van der Waals surface area contributed by atoms with E-state index < -0.39 is 10.0 Å². The average molecular weight is 590 g/mol. The molecule has 222 valence electrons. The molecule has 42 heavy (non-hydrogen) atoms. The van der Waals surface area contributed by atoms with Gasteiger partial charge in [-0.05, 0) is 86.6 Å². The van der Waals surface area contributed by atoms with Crippen LogP contribution in [0.5, 0.6) is 5.88 Å². The zero-order valence-corrected chi connectivity index (χ0v) is 25.4. The molecule has 1 amide bonds. The monoisotopic (exact) mass is 589 g/mol. The van der Waals surface area contributed by atoms with Crippen molar-refractivity contribution in [3.63, 3.8) is 0 Å². The summed E-state index contributed by atoms with van der Waals surface area (Å²) in [4.78, 5) is 25.2. The molecule has 3 N–H and O–H groups in total. The summed E-state index contributed by atoms with van der Waals surface area (Å²) in [6, 6.07) is 14.0. The van der Waals surface area contributed by atoms with Gasteiger partial charge in [-0.15, -0.1) is 0 Å². The first-order chi connectivity index (χ1) is 19.9. The molecule has 1 aromatic heterocycles. The molecule has 0 radical (unpaired) electrons. The second kappa shape index (κ2) is 10.6. The number of sulfonamides is 1. The Morgan fingerprint density at radius 1 is 1.05 bits per heavy atom. The summed E-state index contributed by atoms with van der Waals surface area (Å²) < 4.78 is 36.0. The van der Waals surface area contributed by atoms with Crippen LogP contribution in [0.2, 0.25) is 0 Å². The number of nitrogens with two attached hydrogens (primary N) is 1. The molecule has 1 aliphatic heterocycles. The number of carbonyl (C=O) groups excluding carboxylic acids is 1. The van der Waals surface area contributed by atoms with E-state index in [0.717, 1.165) is 48.8 Å². The van der Waals surface area contributed by atoms with Crippen molar-refractivity contribution in [1.82, 2.24) is 14.9 Å². The summed E-state index contributed by atoms with van der Waals surface area (Å²) in [5.74, 6) is 0.288. The van der Waals surface area contributed by atoms with Crippen LogP contribution in [0.15, 0.2) is 53.4 Å². The summed E-state index contributed by atoms with van der Waals surface area (Å²) in [7, 11) is -4.10. The number of anilines is 1. The van der Waals surface area contributed by atoms with Crippen molar-refractivity contribution < 1.29 is 17.9 Å². The molecule has 1 spiro atoms. The Hall–Kier alpha value is -3.50. The van der Waals surface area contributed by atoms with Crippen LogP contribution in [0.1, 0.15) is 67.4 Å². The fraction of sp³-hybridized carbons (Fsp3) is 0.469. The van der Waals surface area contributed by atoms with Crippen LogP contribution < -0.4 is 15.2 Å². The van der Waals surface area contributed by atoms with E-state index in [4.69, 9.17) is 10.5 Å². The maximum Gasteiger partial charge on any atom is 0.264 e. The van der Waals surface area contributed by atoms with E-state index in [1.54, 1.807) is 18.2 Å². The molecular weight excluding hydrogens is 550 g/mol. The fourth-order valence-electron chi connectivity index (χ4n) is 7.16. The lowest BCUT2D eigenvalue weighted by atomic mass is 9.52. The molecule has 10 heteroatoms. The molecule has 6 rings (SSSR count). The number of rotatable bonds is 4. The van der Waals surface area contributed by atoms with Crippen molar-refractivity contribution in [3.05, 3.63) is 65.2 Å². The molecule has 2 aromatic carbocycles. The Labute approximate surface area is 247 Å². The molecule has 0 unspecified atom stereocenters. The van der Waals surface area contributed by atoms with E-state index in [1.165, 1.54) is 12.1 Å². The molecule has 9 nitrogen and oxygen atoms in total. The number of carbonyl (C=O) groups is 1. The second-order valence-corrected chi connectivity index (χ2v) is 14.5.